The van der Waals surface area contributed by atoms with Crippen LogP contribution in [0.3, 0.4) is 0 Å². The Hall–Kier alpha value is -1.62. The van der Waals surface area contributed by atoms with Gasteiger partial charge in [-0.3, -0.25) is 9.55 Å². The van der Waals surface area contributed by atoms with Crippen LogP contribution in [0.4, 0.5) is 0 Å². The van der Waals surface area contributed by atoms with Gasteiger partial charge in [-0.1, -0.05) is 6.92 Å². The summed E-state index contributed by atoms with van der Waals surface area (Å²) in [4.78, 5) is 18.5. The van der Waals surface area contributed by atoms with Crippen LogP contribution in [0.5, 0.6) is 0 Å². The molecule has 0 aliphatic carbocycles. The van der Waals surface area contributed by atoms with E-state index >= 15 is 0 Å². The van der Waals surface area contributed by atoms with Crippen LogP contribution in [0.25, 0.3) is 11.2 Å². The van der Waals surface area contributed by atoms with Gasteiger partial charge in [0.05, 0.1) is 5.52 Å². The SMILES string of the molecule is CCCNCCn1c(=O)[nH]c2ncccc21. The number of fused-ring (bicyclic) bond motifs is 1. The molecule has 0 aliphatic rings. The second-order valence-electron chi connectivity index (χ2n) is 3.70. The molecule has 2 rings (SSSR count). The number of hydrogen-bond donors (Lipinski definition) is 2. The summed E-state index contributed by atoms with van der Waals surface area (Å²) in [6.45, 7) is 4.57. The number of aromatic nitrogens is 3. The molecular weight excluding hydrogens is 204 g/mol. The Labute approximate surface area is 93.5 Å². The second kappa shape index (κ2) is 4.94. The summed E-state index contributed by atoms with van der Waals surface area (Å²) in [7, 11) is 0. The monoisotopic (exact) mass is 220 g/mol. The predicted molar refractivity (Wildman–Crippen MR) is 63.5 cm³/mol. The number of nitrogens with zero attached hydrogens (tertiary/aromatic N) is 2. The van der Waals surface area contributed by atoms with Crippen molar-refractivity contribution in [1.82, 2.24) is 19.9 Å². The lowest BCUT2D eigenvalue weighted by atomic mass is 10.4. The lowest BCUT2D eigenvalue weighted by molar-refractivity contribution is 0.592. The molecule has 0 bridgehead atoms. The molecule has 5 heteroatoms. The summed E-state index contributed by atoms with van der Waals surface area (Å²) >= 11 is 0. The largest absolute Gasteiger partial charge is 0.327 e. The van der Waals surface area contributed by atoms with Crippen molar-refractivity contribution < 1.29 is 0 Å². The van der Waals surface area contributed by atoms with Crippen LogP contribution in [0.1, 0.15) is 13.3 Å². The van der Waals surface area contributed by atoms with Crippen molar-refractivity contribution in [2.75, 3.05) is 13.1 Å². The summed E-state index contributed by atoms with van der Waals surface area (Å²) in [6.07, 6.45) is 2.78. The number of nitrogens with one attached hydrogen (secondary N) is 2. The minimum absolute atomic E-state index is 0.0907. The fraction of sp³-hybridized carbons (Fsp3) is 0.455. The Bertz CT molecular complexity index is 514. The summed E-state index contributed by atoms with van der Waals surface area (Å²) in [5.74, 6) is 0. The van der Waals surface area contributed by atoms with Crippen molar-refractivity contribution >= 4 is 11.2 Å². The smallest absolute Gasteiger partial charge is 0.315 e. The van der Waals surface area contributed by atoms with Crippen LogP contribution >= 0.6 is 0 Å². The van der Waals surface area contributed by atoms with Crippen molar-refractivity contribution in [3.8, 4) is 0 Å². The average Bonchev–Trinajstić information content (AvgIpc) is 2.61. The minimum atomic E-state index is -0.0907. The molecule has 0 unspecified atom stereocenters. The number of imidazole rings is 1. The van der Waals surface area contributed by atoms with Crippen molar-refractivity contribution in [1.29, 1.82) is 0 Å². The third-order valence-corrected chi connectivity index (χ3v) is 2.49. The van der Waals surface area contributed by atoms with Gasteiger partial charge in [0.15, 0.2) is 5.65 Å². The van der Waals surface area contributed by atoms with Crippen LogP contribution in [0.2, 0.25) is 0 Å². The average molecular weight is 220 g/mol. The minimum Gasteiger partial charge on any atom is -0.315 e. The molecule has 0 saturated carbocycles. The third-order valence-electron chi connectivity index (χ3n) is 2.49. The summed E-state index contributed by atoms with van der Waals surface area (Å²) in [6, 6.07) is 3.74. The standard InChI is InChI=1S/C11H16N4O/c1-2-5-12-7-8-15-9-4-3-6-13-10(9)14-11(15)16/h3-4,6,12H,2,5,7-8H2,1H3,(H,13,14,16). The van der Waals surface area contributed by atoms with Gasteiger partial charge in [-0.05, 0) is 25.1 Å². The highest BCUT2D eigenvalue weighted by atomic mass is 16.1. The van der Waals surface area contributed by atoms with Crippen LogP contribution < -0.4 is 11.0 Å². The van der Waals surface area contributed by atoms with E-state index in [1.165, 1.54) is 0 Å². The quantitative estimate of drug-likeness (QED) is 0.730. The molecule has 5 nitrogen and oxygen atoms in total. The molecule has 2 heterocycles. The third kappa shape index (κ3) is 2.14. The molecule has 86 valence electrons. The molecule has 0 aromatic carbocycles. The second-order valence-corrected chi connectivity index (χ2v) is 3.70. The number of hydrogen-bond acceptors (Lipinski definition) is 3. The fourth-order valence-corrected chi connectivity index (χ4v) is 1.70. The van der Waals surface area contributed by atoms with E-state index in [-0.39, 0.29) is 5.69 Å². The van der Waals surface area contributed by atoms with Crippen LogP contribution in [0.15, 0.2) is 23.1 Å². The van der Waals surface area contributed by atoms with E-state index in [1.807, 2.05) is 12.1 Å². The van der Waals surface area contributed by atoms with E-state index in [2.05, 4.69) is 22.2 Å². The Balaban J connectivity index is 2.16. The molecule has 2 aromatic heterocycles. The zero-order chi connectivity index (χ0) is 11.4. The molecule has 2 N–H and O–H groups in total. The van der Waals surface area contributed by atoms with E-state index < -0.39 is 0 Å². The highest BCUT2D eigenvalue weighted by molar-refractivity contribution is 5.70. The highest BCUT2D eigenvalue weighted by Crippen LogP contribution is 2.04. The van der Waals surface area contributed by atoms with Crippen LogP contribution in [-0.2, 0) is 6.54 Å². The van der Waals surface area contributed by atoms with Crippen LogP contribution in [-0.4, -0.2) is 27.6 Å². The van der Waals surface area contributed by atoms with Crippen molar-refractivity contribution in [3.05, 3.63) is 28.8 Å². The van der Waals surface area contributed by atoms with E-state index in [0.29, 0.717) is 12.2 Å². The fourth-order valence-electron chi connectivity index (χ4n) is 1.70. The van der Waals surface area contributed by atoms with Gasteiger partial charge < -0.3 is 5.32 Å². The molecule has 0 fully saturated rings. The Morgan fingerprint density at radius 1 is 1.50 bits per heavy atom. The maximum Gasteiger partial charge on any atom is 0.327 e. The molecule has 0 aliphatic heterocycles. The first-order valence-electron chi connectivity index (χ1n) is 5.57. The first-order valence-corrected chi connectivity index (χ1v) is 5.57. The molecule has 0 radical (unpaired) electrons. The summed E-state index contributed by atoms with van der Waals surface area (Å²) in [5, 5.41) is 3.27. The van der Waals surface area contributed by atoms with Crippen molar-refractivity contribution in [2.24, 2.45) is 0 Å². The molecule has 16 heavy (non-hydrogen) atoms. The maximum atomic E-state index is 11.6. The molecular formula is C11H16N4O. The van der Waals surface area contributed by atoms with Gasteiger partial charge in [-0.2, -0.15) is 0 Å². The van der Waals surface area contributed by atoms with Crippen molar-refractivity contribution in [2.45, 2.75) is 19.9 Å². The van der Waals surface area contributed by atoms with E-state index in [9.17, 15) is 4.79 Å². The first-order chi connectivity index (χ1) is 7.83. The molecule has 0 spiro atoms. The van der Waals surface area contributed by atoms with E-state index in [4.69, 9.17) is 0 Å². The van der Waals surface area contributed by atoms with Gasteiger partial charge in [0.1, 0.15) is 0 Å². The Morgan fingerprint density at radius 3 is 3.19 bits per heavy atom. The number of aromatic amines is 1. The predicted octanol–water partition coefficient (Wildman–Crippen LogP) is 0.724. The number of H-pyrrole nitrogens is 1. The van der Waals surface area contributed by atoms with Gasteiger partial charge in [-0.15, -0.1) is 0 Å². The number of pyridine rings is 1. The van der Waals surface area contributed by atoms with Gasteiger partial charge in [0, 0.05) is 19.3 Å². The molecule has 2 aromatic rings. The lowest BCUT2D eigenvalue weighted by Gasteiger charge is -2.04. The Morgan fingerprint density at radius 2 is 2.38 bits per heavy atom. The molecule has 0 amide bonds. The van der Waals surface area contributed by atoms with E-state index in [1.54, 1.807) is 10.8 Å². The van der Waals surface area contributed by atoms with Crippen LogP contribution in [0, 0.1) is 0 Å². The van der Waals surface area contributed by atoms with Gasteiger partial charge in [-0.25, -0.2) is 9.78 Å². The Kier molecular flexibility index (Phi) is 3.36. The summed E-state index contributed by atoms with van der Waals surface area (Å²) < 4.78 is 1.71. The maximum absolute atomic E-state index is 11.6. The summed E-state index contributed by atoms with van der Waals surface area (Å²) in [5.41, 5.74) is 1.43. The topological polar surface area (TPSA) is 62.7 Å². The van der Waals surface area contributed by atoms with Gasteiger partial charge >= 0.3 is 5.69 Å². The first kappa shape index (κ1) is 10.9. The van der Waals surface area contributed by atoms with E-state index in [0.717, 1.165) is 25.0 Å². The van der Waals surface area contributed by atoms with Gasteiger partial charge in [0.25, 0.3) is 0 Å². The zero-order valence-electron chi connectivity index (χ0n) is 9.36. The normalized spacial score (nSPS) is 11.1. The van der Waals surface area contributed by atoms with Crippen molar-refractivity contribution in [3.63, 3.8) is 0 Å². The van der Waals surface area contributed by atoms with Gasteiger partial charge in [0.2, 0.25) is 0 Å². The number of rotatable bonds is 5. The highest BCUT2D eigenvalue weighted by Gasteiger charge is 2.05. The lowest BCUT2D eigenvalue weighted by Crippen LogP contribution is -2.25. The zero-order valence-corrected chi connectivity index (χ0v) is 9.36. The molecule has 0 saturated heterocycles. The molecule has 0 atom stereocenters.